The number of alkyl halides is 24. The van der Waals surface area contributed by atoms with Crippen molar-refractivity contribution in [1.29, 1.82) is 0 Å². The molecule has 0 aromatic heterocycles. The van der Waals surface area contributed by atoms with Crippen LogP contribution in [0.2, 0.25) is 0 Å². The summed E-state index contributed by atoms with van der Waals surface area (Å²) in [5.41, 5.74) is 3.42. The first-order chi connectivity index (χ1) is 17.8. The summed E-state index contributed by atoms with van der Waals surface area (Å²) in [6.07, 6.45) is -2.82. The second-order valence-electron chi connectivity index (χ2n) is 7.86. The summed E-state index contributed by atoms with van der Waals surface area (Å²) in [4.78, 5) is 10.2. The lowest BCUT2D eigenvalue weighted by Crippen LogP contribution is -2.78. The predicted molar refractivity (Wildman–Crippen MR) is 87.0 cm³/mol. The molecule has 0 aliphatic rings. The fourth-order valence-electron chi connectivity index (χ4n) is 2.46. The molecular weight excluding hydrogens is 698 g/mol. The van der Waals surface area contributed by atoms with Crippen LogP contribution in [0.4, 0.5) is 105 Å². The Bertz CT molecular complexity index is 1020. The van der Waals surface area contributed by atoms with Gasteiger partial charge in [-0.1, -0.05) is 0 Å². The molecule has 1 amide bonds. The SMILES string of the molecule is NC(=O)C(F)(F)C(F)(F)C(F)(F)C(F)(F)C(F)(F)C(F)(F)C(F)(F)C(F)(F)C(F)(F)C(F)(F)C(F)(F)C(F)(F)CCS. The number of carbonyl (C=O) groups excluding carboxylic acids is 1. The minimum absolute atomic E-state index is 1.73. The van der Waals surface area contributed by atoms with Crippen LogP contribution in [-0.4, -0.2) is 82.7 Å². The number of nitrogens with two attached hydrogens (primary N) is 1. The second-order valence-corrected chi connectivity index (χ2v) is 8.31. The highest BCUT2D eigenvalue weighted by Gasteiger charge is 2.99. The predicted octanol–water partition coefficient (Wildman–Crippen LogP) is 7.42. The molecule has 0 bridgehead atoms. The van der Waals surface area contributed by atoms with E-state index >= 15 is 0 Å². The number of primary amides is 1. The van der Waals surface area contributed by atoms with E-state index in [1.54, 1.807) is 0 Å². The summed E-state index contributed by atoms with van der Waals surface area (Å²) in [6, 6.07) is 0. The van der Waals surface area contributed by atoms with E-state index < -0.39 is 89.2 Å². The van der Waals surface area contributed by atoms with E-state index in [0.29, 0.717) is 0 Å². The van der Waals surface area contributed by atoms with Crippen molar-refractivity contribution >= 4 is 18.5 Å². The van der Waals surface area contributed by atoms with Gasteiger partial charge in [-0.25, -0.2) is 0 Å². The first-order valence-corrected chi connectivity index (χ1v) is 9.83. The first-order valence-electron chi connectivity index (χ1n) is 9.20. The van der Waals surface area contributed by atoms with Gasteiger partial charge in [0.2, 0.25) is 0 Å². The fourth-order valence-corrected chi connectivity index (χ4v) is 2.74. The van der Waals surface area contributed by atoms with Crippen molar-refractivity contribution in [2.45, 2.75) is 77.5 Å². The van der Waals surface area contributed by atoms with Gasteiger partial charge in [-0.15, -0.1) is 0 Å². The molecule has 0 heterocycles. The third kappa shape index (κ3) is 4.58. The molecule has 0 aliphatic heterocycles. The van der Waals surface area contributed by atoms with E-state index in [1.165, 1.54) is 0 Å². The molecule has 2 nitrogen and oxygen atoms in total. The standard InChI is InChI=1S/C15H7F24NOS/c16-4(17,1-2-42)6(20,21)8(24,25)10(28,29)12(32,33)14(36,37)15(38,39)13(34,35)11(30,31)9(26,27)7(22,23)5(18,19)3(40)41/h42H,1-2H2,(H2,40,41). The van der Waals surface area contributed by atoms with Gasteiger partial charge in [0.15, 0.2) is 0 Å². The third-order valence-electron chi connectivity index (χ3n) is 5.14. The largest absolute Gasteiger partial charge is 0.392 e. The van der Waals surface area contributed by atoms with Crippen LogP contribution in [0, 0.1) is 0 Å². The zero-order valence-corrected chi connectivity index (χ0v) is 19.3. The van der Waals surface area contributed by atoms with Crippen LogP contribution in [-0.2, 0) is 4.79 Å². The molecule has 0 spiro atoms. The van der Waals surface area contributed by atoms with Crippen molar-refractivity contribution < 1.29 is 110 Å². The number of halogens is 24. The number of thiol groups is 1. The number of hydrogen-bond acceptors (Lipinski definition) is 2. The Kier molecular flexibility index (Phi) is 9.64. The van der Waals surface area contributed by atoms with E-state index in [0.717, 1.165) is 0 Å². The molecule has 0 aromatic rings. The maximum absolute atomic E-state index is 13.7. The normalized spacial score (nSPS) is 16.6. The van der Waals surface area contributed by atoms with Crippen LogP contribution < -0.4 is 5.73 Å². The molecule has 0 aliphatic carbocycles. The second kappa shape index (κ2) is 10.1. The van der Waals surface area contributed by atoms with Crippen molar-refractivity contribution in [3.05, 3.63) is 0 Å². The van der Waals surface area contributed by atoms with Crippen LogP contribution in [0.5, 0.6) is 0 Å². The molecule has 0 unspecified atom stereocenters. The Morgan fingerprint density at radius 3 is 0.786 bits per heavy atom. The van der Waals surface area contributed by atoms with Crippen molar-refractivity contribution in [1.82, 2.24) is 0 Å². The molecule has 0 fully saturated rings. The lowest BCUT2D eigenvalue weighted by molar-refractivity contribution is -0.477. The van der Waals surface area contributed by atoms with Crippen LogP contribution in [0.1, 0.15) is 6.42 Å². The van der Waals surface area contributed by atoms with E-state index in [9.17, 15) is 110 Å². The van der Waals surface area contributed by atoms with Crippen LogP contribution >= 0.6 is 12.6 Å². The minimum atomic E-state index is -9.57. The Morgan fingerprint density at radius 2 is 0.595 bits per heavy atom. The Labute approximate surface area is 218 Å². The zero-order valence-electron chi connectivity index (χ0n) is 18.4. The maximum Gasteiger partial charge on any atom is 0.392 e. The highest BCUT2D eigenvalue weighted by Crippen LogP contribution is 2.67. The van der Waals surface area contributed by atoms with Crippen LogP contribution in [0.3, 0.4) is 0 Å². The van der Waals surface area contributed by atoms with Gasteiger partial charge in [-0.05, 0) is 5.75 Å². The molecule has 0 saturated heterocycles. The molecule has 0 rings (SSSR count). The van der Waals surface area contributed by atoms with Crippen molar-refractivity contribution in [3.63, 3.8) is 0 Å². The zero-order chi connectivity index (χ0) is 35.0. The smallest absolute Gasteiger partial charge is 0.364 e. The van der Waals surface area contributed by atoms with E-state index in [1.807, 2.05) is 0 Å². The highest BCUT2D eigenvalue weighted by molar-refractivity contribution is 7.80. The quantitative estimate of drug-likeness (QED) is 0.144. The van der Waals surface area contributed by atoms with Gasteiger partial charge >= 0.3 is 71.1 Å². The van der Waals surface area contributed by atoms with Crippen LogP contribution in [0.25, 0.3) is 0 Å². The molecule has 252 valence electrons. The van der Waals surface area contributed by atoms with Crippen molar-refractivity contribution in [2.75, 3.05) is 5.75 Å². The first kappa shape index (κ1) is 40.1. The average molecular weight is 705 g/mol. The molecule has 0 saturated carbocycles. The van der Waals surface area contributed by atoms with Gasteiger partial charge in [-0.3, -0.25) is 4.79 Å². The molecule has 42 heavy (non-hydrogen) atoms. The summed E-state index contributed by atoms with van der Waals surface area (Å²) in [7, 11) is 0. The molecule has 0 atom stereocenters. The summed E-state index contributed by atoms with van der Waals surface area (Å²) >= 11 is 2.73. The van der Waals surface area contributed by atoms with Gasteiger partial charge in [0.05, 0.1) is 0 Å². The van der Waals surface area contributed by atoms with Gasteiger partial charge in [0.25, 0.3) is 5.91 Å². The Hall–Kier alpha value is -1.86. The Morgan fingerprint density at radius 1 is 0.405 bits per heavy atom. The highest BCUT2D eigenvalue weighted by atomic mass is 32.1. The summed E-state index contributed by atoms with van der Waals surface area (Å²) in [6.45, 7) is 0. The van der Waals surface area contributed by atoms with Gasteiger partial charge < -0.3 is 5.73 Å². The molecule has 0 aromatic carbocycles. The minimum Gasteiger partial charge on any atom is -0.364 e. The topological polar surface area (TPSA) is 43.1 Å². The lowest BCUT2D eigenvalue weighted by atomic mass is 9.84. The maximum atomic E-state index is 13.7. The number of rotatable bonds is 14. The molecule has 27 heteroatoms. The lowest BCUT2D eigenvalue weighted by Gasteiger charge is -2.45. The monoisotopic (exact) mass is 705 g/mol. The molecular formula is C15H7F24NOS. The molecule has 0 radical (unpaired) electrons. The molecule has 2 N–H and O–H groups in total. The van der Waals surface area contributed by atoms with Crippen molar-refractivity contribution in [2.24, 2.45) is 5.73 Å². The van der Waals surface area contributed by atoms with Gasteiger partial charge in [-0.2, -0.15) is 118 Å². The van der Waals surface area contributed by atoms with Gasteiger partial charge in [0.1, 0.15) is 0 Å². The number of amides is 1. The fraction of sp³-hybridized carbons (Fsp3) is 0.933. The van der Waals surface area contributed by atoms with Crippen molar-refractivity contribution in [3.8, 4) is 0 Å². The summed E-state index contributed by atoms with van der Waals surface area (Å²) in [5, 5.41) is 0. The van der Waals surface area contributed by atoms with E-state index in [2.05, 4.69) is 18.4 Å². The van der Waals surface area contributed by atoms with E-state index in [4.69, 9.17) is 0 Å². The number of hydrogen-bond donors (Lipinski definition) is 2. The Balaban J connectivity index is 7.39. The van der Waals surface area contributed by atoms with Crippen LogP contribution in [0.15, 0.2) is 0 Å². The summed E-state index contributed by atoms with van der Waals surface area (Å²) < 4.78 is 323. The third-order valence-corrected chi connectivity index (χ3v) is 5.36. The summed E-state index contributed by atoms with van der Waals surface area (Å²) in [5.74, 6) is -111. The number of carbonyl (C=O) groups is 1. The van der Waals surface area contributed by atoms with E-state index in [-0.39, 0.29) is 0 Å². The van der Waals surface area contributed by atoms with Gasteiger partial charge in [0, 0.05) is 6.42 Å². The average Bonchev–Trinajstić information content (AvgIpc) is 2.77.